The van der Waals surface area contributed by atoms with Crippen LogP contribution in [0, 0.1) is 23.2 Å². The highest BCUT2D eigenvalue weighted by Gasteiger charge is 2.42. The number of hydrogen-bond donors (Lipinski definition) is 35. The fourth-order valence-electron chi connectivity index (χ4n) is 14.1. The first-order chi connectivity index (χ1) is 70.5. The van der Waals surface area contributed by atoms with E-state index in [0.29, 0.717) is 30.4 Å². The van der Waals surface area contributed by atoms with Crippen LogP contribution in [0.2, 0.25) is 0 Å². The molecule has 150 heavy (non-hydrogen) atoms. The van der Waals surface area contributed by atoms with E-state index in [1.54, 1.807) is 71.0 Å². The van der Waals surface area contributed by atoms with Gasteiger partial charge in [-0.05, 0) is 114 Å². The molecule has 0 bridgehead atoms. The highest BCUT2D eigenvalue weighted by Crippen LogP contribution is 2.17. The van der Waals surface area contributed by atoms with E-state index in [1.807, 2.05) is 0 Å². The average Bonchev–Trinajstić information content (AvgIpc) is 0.840. The van der Waals surface area contributed by atoms with Gasteiger partial charge in [-0.1, -0.05) is 109 Å². The zero-order valence-corrected chi connectivity index (χ0v) is 85.5. The Balaban J connectivity index is 2.32. The van der Waals surface area contributed by atoms with E-state index in [0.717, 1.165) is 20.8 Å². The lowest BCUT2D eigenvalue weighted by atomic mass is 9.97. The van der Waals surface area contributed by atoms with Crippen molar-refractivity contribution in [3.63, 3.8) is 0 Å². The molecule has 0 saturated heterocycles. The normalized spacial score (nSPS) is 15.3. The van der Waals surface area contributed by atoms with Crippen molar-refractivity contribution in [2.45, 2.75) is 280 Å². The number of amides is 19. The zero-order valence-electron chi connectivity index (χ0n) is 84.6. The van der Waals surface area contributed by atoms with E-state index >= 15 is 0 Å². The molecule has 2 aromatic carbocycles. The fraction of sp³-hybridized carbons (Fsp3) is 0.609. The number of nitrogens with one attached hydrogen (secondary N) is 21. The minimum Gasteiger partial charge on any atom is -0.481 e. The Kier molecular flexibility index (Phi) is 60.5. The van der Waals surface area contributed by atoms with Crippen molar-refractivity contribution in [3.05, 3.63) is 71.8 Å². The van der Waals surface area contributed by atoms with Crippen LogP contribution in [-0.4, -0.2) is 372 Å². The lowest BCUT2D eigenvalue weighted by Gasteiger charge is -2.31. The number of aliphatic hydroxyl groups is 6. The second-order valence-corrected chi connectivity index (χ2v) is 36.5. The maximum absolute atomic E-state index is 14.6. The van der Waals surface area contributed by atoms with E-state index in [4.69, 9.17) is 22.6 Å². The molecule has 0 unspecified atom stereocenters. The Bertz CT molecular complexity index is 4880. The predicted octanol–water partition coefficient (Wildman–Crippen LogP) is -12.2. The van der Waals surface area contributed by atoms with Gasteiger partial charge in [-0.3, -0.25) is 111 Å². The number of carboxylic acids is 4. The van der Waals surface area contributed by atoms with Gasteiger partial charge in [0.15, 0.2) is 5.96 Å². The highest BCUT2D eigenvalue weighted by molar-refractivity contribution is 7.80. The number of benzene rings is 2. The molecular weight excluding hydrogens is 2000 g/mol. The molecule has 2 rings (SSSR count). The number of carbonyl (C=O) groups excluding carboxylic acids is 19. The van der Waals surface area contributed by atoms with E-state index in [1.165, 1.54) is 31.2 Å². The molecule has 58 heteroatoms. The number of unbranched alkanes of at least 4 members (excludes halogenated alkanes) is 1. The van der Waals surface area contributed by atoms with E-state index in [-0.39, 0.29) is 57.6 Å². The maximum atomic E-state index is 14.6. The molecule has 0 radical (unpaired) electrons. The standard InChI is InChI=1S/C92H146N24O33S/c1-10-46(6)71(87(144)111-63(42-119)86(143)109-60(36-70(130)131)83(140)107-56(32-44(2)3)81(138)104-54(26-28-68(126)127)80(137)112-64(43-150)91(148)149)114-90(147)74(49(9)122)116-84(141)57(33-45(4)5)110-89(146)73(48(8)121)115-85(142)59(35-51-22-15-12-16-23-51)108-79(136)55(27-29-69(128)129)105-88(145)72(47(7)120)113-67(125)39-100-78(135)62(41-118)102-66(124)38-99-77(134)61(40-117)101-65(123)37-98-76(133)53(25-17-18-30-93)103-82(139)58(34-50-20-13-11-14-21-50)106-75(132)52(94)24-19-31-97-92(95)96/h11-16,20-23,44-49,52-64,71-74,117-122,150H,10,17-19,24-43,93-94H2,1-9H3,(H,98,133)(H,99,134)(H,100,135)(H,101,123)(H,102,124)(H,103,139)(H,104,138)(H,105,145)(H,106,132)(H,107,140)(H,108,136)(H,109,143)(H,110,146)(H,111,144)(H,112,137)(H,113,125)(H,114,147)(H,115,142)(H,116,141)(H,126,127)(H,128,129)(H,130,131)(H,148,149)(H4,95,96,97)/t46-,47+,48+,49+,52-,53-,54-,55-,56-,57-,58-,59-,60-,61-,62-,63-,64-,71-,72-,73-,74-/m0/s1. The Morgan fingerprint density at radius 3 is 1.05 bits per heavy atom. The van der Waals surface area contributed by atoms with Crippen LogP contribution in [0.1, 0.15) is 157 Å². The van der Waals surface area contributed by atoms with E-state index < -0.39 is 359 Å². The van der Waals surface area contributed by atoms with Gasteiger partial charge >= 0.3 is 23.9 Å². The number of aliphatic hydroxyl groups excluding tert-OH is 6. The van der Waals surface area contributed by atoms with Crippen LogP contribution in [-0.2, 0) is 123 Å². The minimum atomic E-state index is -2.10. The first-order valence-corrected chi connectivity index (χ1v) is 48.8. The fourth-order valence-corrected chi connectivity index (χ4v) is 14.4. The molecule has 21 atom stereocenters. The minimum absolute atomic E-state index is 0.00227. The summed E-state index contributed by atoms with van der Waals surface area (Å²) in [5.74, 6) is -31.1. The van der Waals surface area contributed by atoms with Crippen molar-refractivity contribution in [2.75, 3.05) is 58.3 Å². The molecule has 19 amide bonds. The Labute approximate surface area is 868 Å². The first-order valence-electron chi connectivity index (χ1n) is 48.2. The summed E-state index contributed by atoms with van der Waals surface area (Å²) in [6.07, 6.45) is -9.50. The zero-order chi connectivity index (χ0) is 113. The van der Waals surface area contributed by atoms with Crippen LogP contribution in [0.25, 0.3) is 0 Å². The molecule has 37 N–H and O–H groups in total. The van der Waals surface area contributed by atoms with Crippen LogP contribution < -0.4 is 124 Å². The van der Waals surface area contributed by atoms with Gasteiger partial charge in [0.25, 0.3) is 0 Å². The number of hydrogen-bond acceptors (Lipinski definition) is 33. The number of carbonyl (C=O) groups is 23. The molecule has 0 heterocycles. The van der Waals surface area contributed by atoms with E-state index in [9.17, 15) is 161 Å². The first kappa shape index (κ1) is 132. The molecule has 0 aliphatic rings. The molecule has 0 fully saturated rings. The number of rotatable bonds is 72. The predicted molar refractivity (Wildman–Crippen MR) is 532 cm³/mol. The second kappa shape index (κ2) is 69.0. The summed E-state index contributed by atoms with van der Waals surface area (Å²) < 4.78 is 0. The van der Waals surface area contributed by atoms with Gasteiger partial charge in [0.1, 0.15) is 96.7 Å². The molecule has 0 aromatic heterocycles. The Morgan fingerprint density at radius 2 is 0.653 bits per heavy atom. The van der Waals surface area contributed by atoms with Crippen molar-refractivity contribution < 1.29 is 161 Å². The van der Waals surface area contributed by atoms with Gasteiger partial charge in [0, 0.05) is 38.0 Å². The number of aliphatic carboxylic acids is 4. The molecule has 57 nitrogen and oxygen atoms in total. The van der Waals surface area contributed by atoms with Crippen LogP contribution in [0.4, 0.5) is 0 Å². The SMILES string of the molecule is CC[C@H](C)[C@H](NC(=O)[C@@H](NC(=O)[C@H](CC(C)C)NC(=O)[C@@H](NC(=O)[C@H](Cc1ccccc1)NC(=O)[C@H](CCC(=O)O)NC(=O)[C@@H](NC(=O)CNC(=O)[C@H](CO)NC(=O)CNC(=O)[C@H](CO)NC(=O)CNC(=O)[C@H](CCCCN)NC(=O)[C@H](Cc1ccccc1)NC(=O)[C@@H](N)CCCNC(=N)N)[C@@H](C)O)[C@@H](C)O)[C@@H](C)O)C(=O)N[C@@H](CO)C(=O)N[C@@H](CC(=O)O)C(=O)N[C@@H](CC(C)C)C(=O)N[C@@H](CCC(=O)O)C(=O)N[C@@H](CS)C(=O)O. The second-order valence-electron chi connectivity index (χ2n) is 36.2. The largest absolute Gasteiger partial charge is 0.481 e. The van der Waals surface area contributed by atoms with Crippen molar-refractivity contribution >= 4 is 155 Å². The van der Waals surface area contributed by atoms with E-state index in [2.05, 4.69) is 119 Å². The molecule has 0 spiro atoms. The van der Waals surface area contributed by atoms with Gasteiger partial charge in [-0.25, -0.2) is 4.79 Å². The number of thiol groups is 1. The lowest BCUT2D eigenvalue weighted by molar-refractivity contribution is -0.142. The summed E-state index contributed by atoms with van der Waals surface area (Å²) in [5.41, 5.74) is 18.1. The highest BCUT2D eigenvalue weighted by atomic mass is 32.1. The summed E-state index contributed by atoms with van der Waals surface area (Å²) in [5, 5.41) is 155. The number of guanidine groups is 1. The smallest absolute Gasteiger partial charge is 0.327 e. The summed E-state index contributed by atoms with van der Waals surface area (Å²) in [6.45, 7) is 6.42. The van der Waals surface area contributed by atoms with Crippen molar-refractivity contribution in [2.24, 2.45) is 35.0 Å². The van der Waals surface area contributed by atoms with Gasteiger partial charge in [-0.2, -0.15) is 12.6 Å². The van der Waals surface area contributed by atoms with Gasteiger partial charge < -0.3 is 175 Å². The summed E-state index contributed by atoms with van der Waals surface area (Å²) in [4.78, 5) is 310. The summed E-state index contributed by atoms with van der Waals surface area (Å²) in [6, 6.07) is -13.6. The van der Waals surface area contributed by atoms with Crippen LogP contribution in [0.15, 0.2) is 60.7 Å². The maximum Gasteiger partial charge on any atom is 0.327 e. The number of carboxylic acid groups (broad SMARTS) is 4. The molecule has 2 aromatic rings. The number of nitrogens with two attached hydrogens (primary N) is 3. The molecule has 0 saturated carbocycles. The lowest BCUT2D eigenvalue weighted by Crippen LogP contribution is -2.64. The van der Waals surface area contributed by atoms with Crippen molar-refractivity contribution in [3.8, 4) is 0 Å². The molecule has 0 aliphatic carbocycles. The third-order valence-corrected chi connectivity index (χ3v) is 22.9. The Morgan fingerprint density at radius 1 is 0.340 bits per heavy atom. The molecule has 838 valence electrons. The topological polar surface area (TPSA) is 937 Å². The third-order valence-electron chi connectivity index (χ3n) is 22.6. The van der Waals surface area contributed by atoms with Gasteiger partial charge in [0.05, 0.1) is 70.2 Å². The summed E-state index contributed by atoms with van der Waals surface area (Å²) >= 11 is 3.88. The van der Waals surface area contributed by atoms with Gasteiger partial charge in [0.2, 0.25) is 112 Å². The average molecular weight is 2150 g/mol. The van der Waals surface area contributed by atoms with Gasteiger partial charge in [-0.15, -0.1) is 0 Å². The third kappa shape index (κ3) is 50.0. The quantitative estimate of drug-likeness (QED) is 0.0127. The summed E-state index contributed by atoms with van der Waals surface area (Å²) in [7, 11) is 0. The monoisotopic (exact) mass is 2150 g/mol. The van der Waals surface area contributed by atoms with Crippen LogP contribution >= 0.6 is 12.6 Å². The van der Waals surface area contributed by atoms with Crippen molar-refractivity contribution in [1.29, 1.82) is 5.41 Å². The Hall–Kier alpha value is -14.4. The van der Waals surface area contributed by atoms with Crippen LogP contribution in [0.3, 0.4) is 0 Å². The van der Waals surface area contributed by atoms with Crippen molar-refractivity contribution in [1.82, 2.24) is 106 Å². The molecular formula is C92H146N24O33S. The van der Waals surface area contributed by atoms with Crippen LogP contribution in [0.5, 0.6) is 0 Å². The molecule has 0 aliphatic heterocycles.